The van der Waals surface area contributed by atoms with Gasteiger partial charge in [-0.2, -0.15) is 0 Å². The van der Waals surface area contributed by atoms with Gasteiger partial charge in [0.25, 0.3) is 5.91 Å². The smallest absolute Gasteiger partial charge is 0.257 e. The number of halogens is 2. The lowest BCUT2D eigenvalue weighted by molar-refractivity contribution is 0.0783. The van der Waals surface area contributed by atoms with E-state index in [1.165, 1.54) is 11.0 Å². The molecule has 0 fully saturated rings. The van der Waals surface area contributed by atoms with Gasteiger partial charge < -0.3 is 9.64 Å². The summed E-state index contributed by atoms with van der Waals surface area (Å²) in [6, 6.07) is 8.88. The summed E-state index contributed by atoms with van der Waals surface area (Å²) in [4.78, 5) is 13.9. The number of benzene rings is 1. The molecule has 110 valence electrons. The Morgan fingerprint density at radius 3 is 2.71 bits per heavy atom. The quantitative estimate of drug-likeness (QED) is 0.866. The van der Waals surface area contributed by atoms with E-state index >= 15 is 0 Å². The van der Waals surface area contributed by atoms with Gasteiger partial charge in [-0.3, -0.25) is 4.79 Å². The molecule has 21 heavy (non-hydrogen) atoms. The average Bonchev–Trinajstić information content (AvgIpc) is 2.49. The van der Waals surface area contributed by atoms with E-state index in [9.17, 15) is 4.79 Å². The van der Waals surface area contributed by atoms with Crippen LogP contribution in [0.1, 0.15) is 15.9 Å². The summed E-state index contributed by atoms with van der Waals surface area (Å²) >= 11 is 11.6. The largest absolute Gasteiger partial charge is 0.496 e. The molecule has 7 heteroatoms. The first kappa shape index (κ1) is 15.5. The Labute approximate surface area is 132 Å². The summed E-state index contributed by atoms with van der Waals surface area (Å²) in [6.45, 7) is 0.374. The average molecular weight is 326 g/mol. The third-order valence-corrected chi connectivity index (χ3v) is 3.36. The van der Waals surface area contributed by atoms with E-state index in [1.807, 2.05) is 24.3 Å². The first-order valence-corrected chi connectivity index (χ1v) is 6.84. The van der Waals surface area contributed by atoms with Gasteiger partial charge in [0.15, 0.2) is 10.3 Å². The summed E-state index contributed by atoms with van der Waals surface area (Å²) in [6.07, 6.45) is 0. The molecular weight excluding hydrogens is 313 g/mol. The van der Waals surface area contributed by atoms with Crippen LogP contribution in [0.15, 0.2) is 30.3 Å². The second kappa shape index (κ2) is 6.74. The van der Waals surface area contributed by atoms with Crippen molar-refractivity contribution < 1.29 is 9.53 Å². The summed E-state index contributed by atoms with van der Waals surface area (Å²) in [5.74, 6) is 0.428. The normalized spacial score (nSPS) is 10.3. The molecule has 0 aliphatic rings. The van der Waals surface area contributed by atoms with Gasteiger partial charge in [-0.1, -0.05) is 41.4 Å². The molecule has 5 nitrogen and oxygen atoms in total. The number of nitrogens with zero attached hydrogens (tertiary/aromatic N) is 3. The SMILES string of the molecule is COc1ccccc1CN(C)C(=O)c1cc(Cl)nnc1Cl. The van der Waals surface area contributed by atoms with Crippen LogP contribution in [0.3, 0.4) is 0 Å². The molecular formula is C14H13Cl2N3O2. The molecule has 1 heterocycles. The van der Waals surface area contributed by atoms with Crippen molar-refractivity contribution >= 4 is 29.1 Å². The lowest BCUT2D eigenvalue weighted by Gasteiger charge is -2.19. The molecule has 0 N–H and O–H groups in total. The number of carbonyl (C=O) groups excluding carboxylic acids is 1. The van der Waals surface area contributed by atoms with E-state index in [2.05, 4.69) is 10.2 Å². The van der Waals surface area contributed by atoms with E-state index in [0.717, 1.165) is 5.56 Å². The third kappa shape index (κ3) is 3.62. The Bertz CT molecular complexity index is 664. The minimum atomic E-state index is -0.289. The molecule has 1 aromatic heterocycles. The van der Waals surface area contributed by atoms with Crippen molar-refractivity contribution in [3.8, 4) is 5.75 Å². The van der Waals surface area contributed by atoms with E-state index in [1.54, 1.807) is 14.2 Å². The standard InChI is InChI=1S/C14H13Cl2N3O2/c1-19(8-9-5-3-4-6-11(9)21-2)14(20)10-7-12(15)17-18-13(10)16/h3-7H,8H2,1-2H3. The number of hydrogen-bond donors (Lipinski definition) is 0. The molecule has 2 rings (SSSR count). The predicted octanol–water partition coefficient (Wildman–Crippen LogP) is 3.06. The van der Waals surface area contributed by atoms with E-state index in [-0.39, 0.29) is 21.8 Å². The van der Waals surface area contributed by atoms with Crippen LogP contribution in [-0.4, -0.2) is 35.2 Å². The molecule has 0 atom stereocenters. The van der Waals surface area contributed by atoms with Crippen molar-refractivity contribution in [2.24, 2.45) is 0 Å². The first-order valence-electron chi connectivity index (χ1n) is 6.09. The number of hydrogen-bond acceptors (Lipinski definition) is 4. The van der Waals surface area contributed by atoms with Crippen LogP contribution in [-0.2, 0) is 6.54 Å². The third-order valence-electron chi connectivity index (χ3n) is 2.90. The lowest BCUT2D eigenvalue weighted by Crippen LogP contribution is -2.27. The maximum absolute atomic E-state index is 12.4. The Morgan fingerprint density at radius 2 is 2.00 bits per heavy atom. The van der Waals surface area contributed by atoms with Crippen molar-refractivity contribution in [3.63, 3.8) is 0 Å². The van der Waals surface area contributed by atoms with Crippen molar-refractivity contribution in [2.45, 2.75) is 6.54 Å². The number of amides is 1. The molecule has 0 spiro atoms. The van der Waals surface area contributed by atoms with Gasteiger partial charge in [0.2, 0.25) is 0 Å². The van der Waals surface area contributed by atoms with E-state index in [4.69, 9.17) is 27.9 Å². The highest BCUT2D eigenvalue weighted by Crippen LogP contribution is 2.21. The van der Waals surface area contributed by atoms with E-state index < -0.39 is 0 Å². The van der Waals surface area contributed by atoms with Crippen LogP contribution in [0.4, 0.5) is 0 Å². The molecule has 1 aromatic carbocycles. The van der Waals surface area contributed by atoms with Crippen LogP contribution in [0.25, 0.3) is 0 Å². The molecule has 0 unspecified atom stereocenters. The zero-order valence-corrected chi connectivity index (χ0v) is 13.0. The number of ether oxygens (including phenoxy) is 1. The second-order valence-electron chi connectivity index (χ2n) is 4.34. The van der Waals surface area contributed by atoms with Gasteiger partial charge in [0.05, 0.1) is 12.7 Å². The molecule has 0 aliphatic heterocycles. The van der Waals surface area contributed by atoms with Gasteiger partial charge in [0.1, 0.15) is 5.75 Å². The minimum Gasteiger partial charge on any atom is -0.496 e. The van der Waals surface area contributed by atoms with Crippen LogP contribution in [0.2, 0.25) is 10.3 Å². The van der Waals surface area contributed by atoms with Crippen LogP contribution < -0.4 is 4.74 Å². The maximum atomic E-state index is 12.4. The number of rotatable bonds is 4. The molecule has 2 aromatic rings. The van der Waals surface area contributed by atoms with Gasteiger partial charge in [-0.15, -0.1) is 10.2 Å². The van der Waals surface area contributed by atoms with Crippen LogP contribution >= 0.6 is 23.2 Å². The highest BCUT2D eigenvalue weighted by molar-refractivity contribution is 6.34. The number of carbonyl (C=O) groups is 1. The van der Waals surface area contributed by atoms with E-state index in [0.29, 0.717) is 12.3 Å². The van der Waals surface area contributed by atoms with Crippen LogP contribution in [0, 0.1) is 0 Å². The first-order chi connectivity index (χ1) is 10.0. The Morgan fingerprint density at radius 1 is 1.29 bits per heavy atom. The molecule has 1 amide bonds. The number of aromatic nitrogens is 2. The lowest BCUT2D eigenvalue weighted by atomic mass is 10.2. The Hall–Kier alpha value is -1.85. The summed E-state index contributed by atoms with van der Waals surface area (Å²) in [5.41, 5.74) is 1.11. The second-order valence-corrected chi connectivity index (χ2v) is 5.09. The van der Waals surface area contributed by atoms with Gasteiger partial charge in [0, 0.05) is 19.2 Å². The van der Waals surface area contributed by atoms with Crippen molar-refractivity contribution in [3.05, 3.63) is 51.8 Å². The fourth-order valence-electron chi connectivity index (χ4n) is 1.87. The highest BCUT2D eigenvalue weighted by Gasteiger charge is 2.18. The number of methoxy groups -OCH3 is 1. The summed E-state index contributed by atoms with van der Waals surface area (Å²) < 4.78 is 5.27. The molecule has 0 saturated heterocycles. The van der Waals surface area contributed by atoms with Crippen molar-refractivity contribution in [1.82, 2.24) is 15.1 Å². The van der Waals surface area contributed by atoms with Gasteiger partial charge in [-0.05, 0) is 12.1 Å². The molecule has 0 saturated carbocycles. The topological polar surface area (TPSA) is 55.3 Å². The fourth-order valence-corrected chi connectivity index (χ4v) is 2.19. The van der Waals surface area contributed by atoms with Gasteiger partial charge >= 0.3 is 0 Å². The predicted molar refractivity (Wildman–Crippen MR) is 80.8 cm³/mol. The monoisotopic (exact) mass is 325 g/mol. The Balaban J connectivity index is 2.22. The summed E-state index contributed by atoms with van der Waals surface area (Å²) in [5, 5.41) is 7.36. The summed E-state index contributed by atoms with van der Waals surface area (Å²) in [7, 11) is 3.25. The minimum absolute atomic E-state index is 0.0243. The maximum Gasteiger partial charge on any atom is 0.257 e. The Kier molecular flexibility index (Phi) is 4.98. The zero-order chi connectivity index (χ0) is 15.4. The number of para-hydroxylation sites is 1. The van der Waals surface area contributed by atoms with Crippen LogP contribution in [0.5, 0.6) is 5.75 Å². The highest BCUT2D eigenvalue weighted by atomic mass is 35.5. The fraction of sp³-hybridized carbons (Fsp3) is 0.214. The zero-order valence-electron chi connectivity index (χ0n) is 11.5. The molecule has 0 aliphatic carbocycles. The van der Waals surface area contributed by atoms with Gasteiger partial charge in [-0.25, -0.2) is 0 Å². The van der Waals surface area contributed by atoms with Crippen molar-refractivity contribution in [2.75, 3.05) is 14.2 Å². The van der Waals surface area contributed by atoms with Crippen molar-refractivity contribution in [1.29, 1.82) is 0 Å². The molecule has 0 bridgehead atoms. The molecule has 0 radical (unpaired) electrons.